The first-order valence-corrected chi connectivity index (χ1v) is 6.88. The van der Waals surface area contributed by atoms with Crippen molar-refractivity contribution >= 4 is 6.03 Å². The van der Waals surface area contributed by atoms with Gasteiger partial charge >= 0.3 is 6.03 Å². The monoisotopic (exact) mass is 288 g/mol. The van der Waals surface area contributed by atoms with Gasteiger partial charge in [0.05, 0.1) is 18.3 Å². The number of nitrogens with zero attached hydrogens (tertiary/aromatic N) is 2. The van der Waals surface area contributed by atoms with Crippen LogP contribution in [0.2, 0.25) is 0 Å². The molecule has 0 spiro atoms. The van der Waals surface area contributed by atoms with Crippen LogP contribution in [-0.2, 0) is 13.6 Å². The van der Waals surface area contributed by atoms with Crippen LogP contribution in [-0.4, -0.2) is 27.5 Å². The molecule has 1 atom stereocenters. The lowest BCUT2D eigenvalue weighted by molar-refractivity contribution is 0.167. The number of rotatable bonds is 6. The van der Waals surface area contributed by atoms with Gasteiger partial charge in [0.15, 0.2) is 0 Å². The van der Waals surface area contributed by atoms with Crippen LogP contribution in [0.4, 0.5) is 4.79 Å². The Kier molecular flexibility index (Phi) is 5.34. The molecule has 112 valence electrons. The van der Waals surface area contributed by atoms with E-state index in [1.807, 2.05) is 43.4 Å². The minimum Gasteiger partial charge on any atom is -0.388 e. The molecule has 0 radical (unpaired) electrons. The average Bonchev–Trinajstić information content (AvgIpc) is 2.91. The minimum atomic E-state index is -0.566. The molecule has 2 amide bonds. The van der Waals surface area contributed by atoms with Crippen LogP contribution in [0.15, 0.2) is 42.6 Å². The minimum absolute atomic E-state index is 0.253. The first-order valence-electron chi connectivity index (χ1n) is 6.88. The van der Waals surface area contributed by atoms with E-state index in [0.717, 1.165) is 11.3 Å². The van der Waals surface area contributed by atoms with Crippen LogP contribution in [0.5, 0.6) is 0 Å². The Morgan fingerprint density at radius 2 is 2.05 bits per heavy atom. The quantitative estimate of drug-likeness (QED) is 0.750. The van der Waals surface area contributed by atoms with E-state index < -0.39 is 6.10 Å². The number of carbonyl (C=O) groups is 1. The van der Waals surface area contributed by atoms with Crippen molar-refractivity contribution < 1.29 is 9.90 Å². The summed E-state index contributed by atoms with van der Waals surface area (Å²) < 4.78 is 1.71. The lowest BCUT2D eigenvalue weighted by atomic mass is 10.1. The molecule has 2 aromatic rings. The molecule has 0 fully saturated rings. The van der Waals surface area contributed by atoms with E-state index >= 15 is 0 Å². The zero-order chi connectivity index (χ0) is 15.1. The fraction of sp³-hybridized carbons (Fsp3) is 0.333. The zero-order valence-electron chi connectivity index (χ0n) is 12.0. The number of nitrogens with one attached hydrogen (secondary N) is 2. The van der Waals surface area contributed by atoms with Gasteiger partial charge in [0, 0.05) is 19.8 Å². The molecule has 1 heterocycles. The predicted octanol–water partition coefficient (Wildman–Crippen LogP) is 1.34. The van der Waals surface area contributed by atoms with E-state index in [2.05, 4.69) is 15.7 Å². The summed E-state index contributed by atoms with van der Waals surface area (Å²) >= 11 is 0. The van der Waals surface area contributed by atoms with Crippen LogP contribution in [0, 0.1) is 0 Å². The van der Waals surface area contributed by atoms with Gasteiger partial charge in [0.25, 0.3) is 0 Å². The normalized spacial score (nSPS) is 11.9. The Balaban J connectivity index is 1.66. The maximum Gasteiger partial charge on any atom is 0.315 e. The average molecular weight is 288 g/mol. The second kappa shape index (κ2) is 7.44. The number of aliphatic hydroxyl groups is 1. The number of aromatic nitrogens is 2. The smallest absolute Gasteiger partial charge is 0.315 e. The van der Waals surface area contributed by atoms with E-state index in [9.17, 15) is 9.90 Å². The highest BCUT2D eigenvalue weighted by Gasteiger charge is 2.08. The number of aliphatic hydroxyl groups excluding tert-OH is 1. The van der Waals surface area contributed by atoms with Gasteiger partial charge < -0.3 is 15.7 Å². The van der Waals surface area contributed by atoms with Gasteiger partial charge in [0.1, 0.15) is 0 Å². The maximum atomic E-state index is 11.6. The summed E-state index contributed by atoms with van der Waals surface area (Å²) in [6.07, 6.45) is 1.59. The van der Waals surface area contributed by atoms with Crippen LogP contribution in [0.25, 0.3) is 0 Å². The van der Waals surface area contributed by atoms with Crippen LogP contribution in [0.3, 0.4) is 0 Å². The molecule has 1 aromatic carbocycles. The highest BCUT2D eigenvalue weighted by Crippen LogP contribution is 2.14. The summed E-state index contributed by atoms with van der Waals surface area (Å²) in [6.45, 7) is 0.830. The van der Waals surface area contributed by atoms with E-state index in [4.69, 9.17) is 0 Å². The summed E-state index contributed by atoms with van der Waals surface area (Å²) in [5, 5.41) is 19.5. The third-order valence-corrected chi connectivity index (χ3v) is 3.24. The Labute approximate surface area is 123 Å². The molecule has 0 saturated carbocycles. The molecule has 0 aliphatic heterocycles. The van der Waals surface area contributed by atoms with Crippen molar-refractivity contribution in [3.05, 3.63) is 53.9 Å². The molecule has 2 rings (SSSR count). The van der Waals surface area contributed by atoms with Crippen molar-refractivity contribution in [2.45, 2.75) is 19.1 Å². The molecule has 6 heteroatoms. The van der Waals surface area contributed by atoms with Crippen LogP contribution < -0.4 is 10.6 Å². The Morgan fingerprint density at radius 1 is 1.29 bits per heavy atom. The molecule has 3 N–H and O–H groups in total. The van der Waals surface area contributed by atoms with Crippen molar-refractivity contribution in [2.24, 2.45) is 7.05 Å². The van der Waals surface area contributed by atoms with Gasteiger partial charge in [-0.15, -0.1) is 0 Å². The highest BCUT2D eigenvalue weighted by molar-refractivity contribution is 5.73. The van der Waals surface area contributed by atoms with Crippen molar-refractivity contribution in [1.82, 2.24) is 20.4 Å². The third-order valence-electron chi connectivity index (χ3n) is 3.24. The van der Waals surface area contributed by atoms with Crippen molar-refractivity contribution in [1.29, 1.82) is 0 Å². The van der Waals surface area contributed by atoms with E-state index in [-0.39, 0.29) is 6.03 Å². The summed E-state index contributed by atoms with van der Waals surface area (Å²) in [7, 11) is 1.82. The first kappa shape index (κ1) is 15.1. The molecule has 0 saturated heterocycles. The van der Waals surface area contributed by atoms with Crippen molar-refractivity contribution in [3.63, 3.8) is 0 Å². The largest absolute Gasteiger partial charge is 0.388 e. The first-order chi connectivity index (χ1) is 10.2. The lowest BCUT2D eigenvalue weighted by Gasteiger charge is -2.12. The van der Waals surface area contributed by atoms with Crippen molar-refractivity contribution in [2.75, 3.05) is 6.54 Å². The predicted molar refractivity (Wildman–Crippen MR) is 79.5 cm³/mol. The number of urea groups is 1. The number of carbonyl (C=O) groups excluding carboxylic acids is 1. The van der Waals surface area contributed by atoms with E-state index in [1.54, 1.807) is 10.9 Å². The maximum absolute atomic E-state index is 11.6. The van der Waals surface area contributed by atoms with Crippen LogP contribution >= 0.6 is 0 Å². The third kappa shape index (κ3) is 4.61. The van der Waals surface area contributed by atoms with E-state index in [0.29, 0.717) is 19.5 Å². The summed E-state index contributed by atoms with van der Waals surface area (Å²) in [5.41, 5.74) is 1.78. The van der Waals surface area contributed by atoms with Crippen molar-refractivity contribution in [3.8, 4) is 0 Å². The molecular weight excluding hydrogens is 268 g/mol. The van der Waals surface area contributed by atoms with Gasteiger partial charge in [-0.25, -0.2) is 4.79 Å². The fourth-order valence-electron chi connectivity index (χ4n) is 1.97. The topological polar surface area (TPSA) is 79.2 Å². The van der Waals surface area contributed by atoms with Gasteiger partial charge in [-0.3, -0.25) is 4.68 Å². The summed E-state index contributed by atoms with van der Waals surface area (Å²) in [4.78, 5) is 11.6. The number of hydrogen-bond donors (Lipinski definition) is 3. The standard InChI is InChI=1S/C15H20N4O2/c1-19-13(7-10-18-19)11-17-15(21)16-9-8-14(20)12-5-3-2-4-6-12/h2-7,10,14,20H,8-9,11H2,1H3,(H2,16,17,21). The zero-order valence-corrected chi connectivity index (χ0v) is 12.0. The second-order valence-corrected chi connectivity index (χ2v) is 4.77. The Morgan fingerprint density at radius 3 is 2.71 bits per heavy atom. The molecule has 6 nitrogen and oxygen atoms in total. The number of hydrogen-bond acceptors (Lipinski definition) is 3. The molecule has 0 bridgehead atoms. The van der Waals surface area contributed by atoms with Gasteiger partial charge in [0.2, 0.25) is 0 Å². The van der Waals surface area contributed by atoms with Gasteiger partial charge in [-0.2, -0.15) is 5.10 Å². The molecular formula is C15H20N4O2. The Hall–Kier alpha value is -2.34. The van der Waals surface area contributed by atoms with Gasteiger partial charge in [-0.1, -0.05) is 30.3 Å². The highest BCUT2D eigenvalue weighted by atomic mass is 16.3. The second-order valence-electron chi connectivity index (χ2n) is 4.77. The molecule has 0 aliphatic rings. The molecule has 1 aromatic heterocycles. The number of benzene rings is 1. The van der Waals surface area contributed by atoms with Crippen LogP contribution in [0.1, 0.15) is 23.8 Å². The summed E-state index contributed by atoms with van der Waals surface area (Å²) in [5.74, 6) is 0. The molecule has 21 heavy (non-hydrogen) atoms. The number of aryl methyl sites for hydroxylation is 1. The fourth-order valence-corrected chi connectivity index (χ4v) is 1.97. The molecule has 0 aliphatic carbocycles. The van der Waals surface area contributed by atoms with E-state index in [1.165, 1.54) is 0 Å². The molecule has 1 unspecified atom stereocenters. The SMILES string of the molecule is Cn1nccc1CNC(=O)NCCC(O)c1ccccc1. The Bertz CT molecular complexity index is 568. The lowest BCUT2D eigenvalue weighted by Crippen LogP contribution is -2.36. The summed E-state index contributed by atoms with van der Waals surface area (Å²) in [6, 6.07) is 11.0. The number of amides is 2. The van der Waals surface area contributed by atoms with Gasteiger partial charge in [-0.05, 0) is 18.1 Å².